The quantitative estimate of drug-likeness (QED) is 0.748. The summed E-state index contributed by atoms with van der Waals surface area (Å²) < 4.78 is 5.74. The fourth-order valence-corrected chi connectivity index (χ4v) is 2.17. The predicted molar refractivity (Wildman–Crippen MR) is 67.6 cm³/mol. The molecule has 1 saturated heterocycles. The largest absolute Gasteiger partial charge is 0.492 e. The van der Waals surface area contributed by atoms with Gasteiger partial charge in [0.2, 0.25) is 0 Å². The van der Waals surface area contributed by atoms with Crippen LogP contribution in [0.1, 0.15) is 30.1 Å². The second kappa shape index (κ2) is 5.32. The van der Waals surface area contributed by atoms with E-state index in [-0.39, 0.29) is 5.78 Å². The molecule has 1 atom stereocenters. The van der Waals surface area contributed by atoms with Gasteiger partial charge in [0.05, 0.1) is 0 Å². The summed E-state index contributed by atoms with van der Waals surface area (Å²) in [7, 11) is 2.14. The minimum Gasteiger partial charge on any atom is -0.492 e. The van der Waals surface area contributed by atoms with Gasteiger partial charge in [-0.3, -0.25) is 4.79 Å². The van der Waals surface area contributed by atoms with Crippen LogP contribution in [0.4, 0.5) is 0 Å². The average molecular weight is 233 g/mol. The highest BCUT2D eigenvalue weighted by molar-refractivity contribution is 5.94. The minimum atomic E-state index is 0.0899. The molecular formula is C14H19NO2. The Morgan fingerprint density at radius 3 is 2.65 bits per heavy atom. The summed E-state index contributed by atoms with van der Waals surface area (Å²) in [5, 5.41) is 0. The van der Waals surface area contributed by atoms with Crippen LogP contribution >= 0.6 is 0 Å². The molecular weight excluding hydrogens is 214 g/mol. The second-order valence-corrected chi connectivity index (χ2v) is 4.67. The SMILES string of the molecule is CC(=O)c1ccc(OCC2CCCN2C)cc1. The summed E-state index contributed by atoms with van der Waals surface area (Å²) in [5.41, 5.74) is 0.732. The maximum Gasteiger partial charge on any atom is 0.159 e. The van der Waals surface area contributed by atoms with Gasteiger partial charge in [-0.25, -0.2) is 0 Å². The molecule has 1 heterocycles. The van der Waals surface area contributed by atoms with Crippen molar-refractivity contribution in [3.8, 4) is 5.75 Å². The van der Waals surface area contributed by atoms with Gasteiger partial charge in [-0.15, -0.1) is 0 Å². The number of likely N-dealkylation sites (N-methyl/N-ethyl adjacent to an activating group) is 1. The number of benzene rings is 1. The van der Waals surface area contributed by atoms with Gasteiger partial charge in [-0.2, -0.15) is 0 Å². The molecule has 1 aliphatic heterocycles. The van der Waals surface area contributed by atoms with Gasteiger partial charge in [0, 0.05) is 11.6 Å². The number of ketones is 1. The Morgan fingerprint density at radius 2 is 2.12 bits per heavy atom. The Bertz CT molecular complexity index is 386. The molecule has 3 heteroatoms. The van der Waals surface area contributed by atoms with Crippen LogP contribution in [0.3, 0.4) is 0 Å². The molecule has 92 valence electrons. The molecule has 0 saturated carbocycles. The van der Waals surface area contributed by atoms with Crippen molar-refractivity contribution in [1.82, 2.24) is 4.90 Å². The van der Waals surface area contributed by atoms with Crippen LogP contribution in [-0.2, 0) is 0 Å². The van der Waals surface area contributed by atoms with Crippen molar-refractivity contribution in [2.24, 2.45) is 0 Å². The van der Waals surface area contributed by atoms with E-state index >= 15 is 0 Å². The Labute approximate surface area is 102 Å². The van der Waals surface area contributed by atoms with Crippen LogP contribution in [0.2, 0.25) is 0 Å². The van der Waals surface area contributed by atoms with E-state index in [0.29, 0.717) is 6.04 Å². The van der Waals surface area contributed by atoms with Crippen molar-refractivity contribution in [1.29, 1.82) is 0 Å². The van der Waals surface area contributed by atoms with Gasteiger partial charge < -0.3 is 9.64 Å². The van der Waals surface area contributed by atoms with Gasteiger partial charge in [0.1, 0.15) is 12.4 Å². The zero-order valence-corrected chi connectivity index (χ0v) is 10.5. The van der Waals surface area contributed by atoms with Crippen LogP contribution in [0, 0.1) is 0 Å². The first-order chi connectivity index (χ1) is 8.16. The van der Waals surface area contributed by atoms with E-state index in [1.807, 2.05) is 24.3 Å². The number of carbonyl (C=O) groups excluding carboxylic acids is 1. The molecule has 0 bridgehead atoms. The summed E-state index contributed by atoms with van der Waals surface area (Å²) in [6.07, 6.45) is 2.47. The monoisotopic (exact) mass is 233 g/mol. The molecule has 0 radical (unpaired) electrons. The Kier molecular flexibility index (Phi) is 3.79. The van der Waals surface area contributed by atoms with Crippen molar-refractivity contribution in [2.75, 3.05) is 20.2 Å². The third-order valence-electron chi connectivity index (χ3n) is 3.37. The smallest absolute Gasteiger partial charge is 0.159 e. The molecule has 1 aromatic carbocycles. The maximum atomic E-state index is 11.1. The van der Waals surface area contributed by atoms with E-state index in [0.717, 1.165) is 24.5 Å². The molecule has 17 heavy (non-hydrogen) atoms. The zero-order valence-electron chi connectivity index (χ0n) is 10.5. The van der Waals surface area contributed by atoms with Crippen LogP contribution in [0.5, 0.6) is 5.75 Å². The summed E-state index contributed by atoms with van der Waals surface area (Å²) in [6, 6.07) is 7.89. The molecule has 3 nitrogen and oxygen atoms in total. The summed E-state index contributed by atoms with van der Waals surface area (Å²) in [5.74, 6) is 0.933. The van der Waals surface area contributed by atoms with Crippen molar-refractivity contribution in [3.05, 3.63) is 29.8 Å². The number of rotatable bonds is 4. The molecule has 1 aromatic rings. The first-order valence-electron chi connectivity index (χ1n) is 6.11. The Hall–Kier alpha value is -1.35. The van der Waals surface area contributed by atoms with Crippen molar-refractivity contribution in [3.63, 3.8) is 0 Å². The van der Waals surface area contributed by atoms with E-state index in [1.54, 1.807) is 6.92 Å². The van der Waals surface area contributed by atoms with E-state index in [2.05, 4.69) is 11.9 Å². The van der Waals surface area contributed by atoms with Crippen LogP contribution in [0.25, 0.3) is 0 Å². The molecule has 0 aliphatic carbocycles. The Morgan fingerprint density at radius 1 is 1.41 bits per heavy atom. The average Bonchev–Trinajstić information content (AvgIpc) is 2.73. The third kappa shape index (κ3) is 3.07. The highest BCUT2D eigenvalue weighted by Crippen LogP contribution is 2.18. The molecule has 0 amide bonds. The van der Waals surface area contributed by atoms with Crippen LogP contribution < -0.4 is 4.74 Å². The first kappa shape index (κ1) is 12.1. The molecule has 1 unspecified atom stereocenters. The number of Topliss-reactive ketones (excluding diaryl/α,β-unsaturated/α-hetero) is 1. The minimum absolute atomic E-state index is 0.0899. The van der Waals surface area contributed by atoms with E-state index in [1.165, 1.54) is 12.8 Å². The lowest BCUT2D eigenvalue weighted by Crippen LogP contribution is -2.30. The fourth-order valence-electron chi connectivity index (χ4n) is 2.17. The van der Waals surface area contributed by atoms with E-state index in [4.69, 9.17) is 4.74 Å². The van der Waals surface area contributed by atoms with Crippen LogP contribution in [-0.4, -0.2) is 36.9 Å². The molecule has 0 aromatic heterocycles. The first-order valence-corrected chi connectivity index (χ1v) is 6.11. The zero-order chi connectivity index (χ0) is 12.3. The van der Waals surface area contributed by atoms with Crippen molar-refractivity contribution >= 4 is 5.78 Å². The molecule has 1 fully saturated rings. The van der Waals surface area contributed by atoms with E-state index < -0.39 is 0 Å². The number of ether oxygens (including phenoxy) is 1. The van der Waals surface area contributed by atoms with E-state index in [9.17, 15) is 4.79 Å². The van der Waals surface area contributed by atoms with Gasteiger partial charge in [0.25, 0.3) is 0 Å². The number of hydrogen-bond donors (Lipinski definition) is 0. The number of hydrogen-bond acceptors (Lipinski definition) is 3. The number of carbonyl (C=O) groups is 1. The van der Waals surface area contributed by atoms with Gasteiger partial charge in [-0.1, -0.05) is 0 Å². The molecule has 1 aliphatic rings. The lowest BCUT2D eigenvalue weighted by Gasteiger charge is -2.19. The van der Waals surface area contributed by atoms with Crippen molar-refractivity contribution < 1.29 is 9.53 Å². The number of likely N-dealkylation sites (tertiary alicyclic amines) is 1. The molecule has 2 rings (SSSR count). The van der Waals surface area contributed by atoms with Crippen molar-refractivity contribution in [2.45, 2.75) is 25.8 Å². The lowest BCUT2D eigenvalue weighted by molar-refractivity contribution is 0.101. The van der Waals surface area contributed by atoms with Gasteiger partial charge in [0.15, 0.2) is 5.78 Å². The molecule has 0 N–H and O–H groups in total. The van der Waals surface area contributed by atoms with Gasteiger partial charge in [-0.05, 0) is 57.6 Å². The fraction of sp³-hybridized carbons (Fsp3) is 0.500. The predicted octanol–water partition coefficient (Wildman–Crippen LogP) is 2.36. The highest BCUT2D eigenvalue weighted by Gasteiger charge is 2.21. The summed E-state index contributed by atoms with van der Waals surface area (Å²) >= 11 is 0. The summed E-state index contributed by atoms with van der Waals surface area (Å²) in [4.78, 5) is 13.5. The van der Waals surface area contributed by atoms with Gasteiger partial charge >= 0.3 is 0 Å². The second-order valence-electron chi connectivity index (χ2n) is 4.67. The standard InChI is InChI=1S/C14H19NO2/c1-11(16)12-5-7-14(8-6-12)17-10-13-4-3-9-15(13)2/h5-8,13H,3-4,9-10H2,1-2H3. The Balaban J connectivity index is 1.88. The lowest BCUT2D eigenvalue weighted by atomic mass is 10.1. The third-order valence-corrected chi connectivity index (χ3v) is 3.37. The topological polar surface area (TPSA) is 29.5 Å². The molecule has 0 spiro atoms. The van der Waals surface area contributed by atoms with Crippen LogP contribution in [0.15, 0.2) is 24.3 Å². The summed E-state index contributed by atoms with van der Waals surface area (Å²) in [6.45, 7) is 3.47. The maximum absolute atomic E-state index is 11.1. The highest BCUT2D eigenvalue weighted by atomic mass is 16.5. The number of nitrogens with zero attached hydrogens (tertiary/aromatic N) is 1. The normalized spacial score (nSPS) is 20.5.